The Morgan fingerprint density at radius 2 is 2.25 bits per heavy atom. The largest absolute Gasteiger partial charge is 0.370 e. The van der Waals surface area contributed by atoms with Crippen LogP contribution in [0.25, 0.3) is 0 Å². The molecule has 6 heteroatoms. The Balaban J connectivity index is 2.00. The van der Waals surface area contributed by atoms with Gasteiger partial charge in [-0.05, 0) is 32.0 Å². The Morgan fingerprint density at radius 3 is 2.95 bits per heavy atom. The van der Waals surface area contributed by atoms with Crippen molar-refractivity contribution in [3.63, 3.8) is 0 Å². The van der Waals surface area contributed by atoms with Gasteiger partial charge in [0.25, 0.3) is 5.91 Å². The van der Waals surface area contributed by atoms with Crippen molar-refractivity contribution in [2.75, 3.05) is 11.9 Å². The van der Waals surface area contributed by atoms with E-state index in [0.29, 0.717) is 17.9 Å². The molecule has 0 saturated heterocycles. The van der Waals surface area contributed by atoms with Gasteiger partial charge in [0.2, 0.25) is 0 Å². The molecule has 2 rings (SSSR count). The first-order valence-electron chi connectivity index (χ1n) is 6.68. The average molecular weight is 273 g/mol. The maximum absolute atomic E-state index is 12.3. The summed E-state index contributed by atoms with van der Waals surface area (Å²) in [4.78, 5) is 16.4. The number of carbonyl (C=O) groups excluding carboxylic acids is 1. The molecular formula is C14H19N5O. The van der Waals surface area contributed by atoms with Crippen LogP contribution in [-0.2, 0) is 6.54 Å². The molecule has 2 aromatic heterocycles. The predicted molar refractivity (Wildman–Crippen MR) is 77.6 cm³/mol. The van der Waals surface area contributed by atoms with Crippen LogP contribution in [0.4, 0.5) is 5.82 Å². The lowest BCUT2D eigenvalue weighted by molar-refractivity contribution is 0.0936. The first-order chi connectivity index (χ1) is 9.70. The molecule has 1 unspecified atom stereocenters. The SMILES string of the molecule is CCNc1ncccc1C(=O)NC(C)Cn1cccn1. The summed E-state index contributed by atoms with van der Waals surface area (Å²) in [6.07, 6.45) is 5.26. The summed E-state index contributed by atoms with van der Waals surface area (Å²) >= 11 is 0. The molecule has 106 valence electrons. The first kappa shape index (κ1) is 14.0. The van der Waals surface area contributed by atoms with Crippen LogP contribution < -0.4 is 10.6 Å². The van der Waals surface area contributed by atoms with Gasteiger partial charge in [-0.3, -0.25) is 9.48 Å². The number of pyridine rings is 1. The van der Waals surface area contributed by atoms with Crippen molar-refractivity contribution in [3.05, 3.63) is 42.4 Å². The van der Waals surface area contributed by atoms with Gasteiger partial charge in [0.1, 0.15) is 5.82 Å². The molecule has 2 aromatic rings. The van der Waals surface area contributed by atoms with Crippen molar-refractivity contribution in [2.45, 2.75) is 26.4 Å². The summed E-state index contributed by atoms with van der Waals surface area (Å²) in [5.41, 5.74) is 0.557. The topological polar surface area (TPSA) is 71.8 Å². The minimum Gasteiger partial charge on any atom is -0.370 e. The van der Waals surface area contributed by atoms with Gasteiger partial charge in [0.05, 0.1) is 12.1 Å². The van der Waals surface area contributed by atoms with Crippen molar-refractivity contribution in [1.82, 2.24) is 20.1 Å². The number of hydrogen-bond acceptors (Lipinski definition) is 4. The van der Waals surface area contributed by atoms with Gasteiger partial charge in [0, 0.05) is 31.2 Å². The fourth-order valence-electron chi connectivity index (χ4n) is 1.93. The minimum absolute atomic E-state index is 0.0166. The summed E-state index contributed by atoms with van der Waals surface area (Å²) < 4.78 is 1.79. The number of carbonyl (C=O) groups is 1. The molecule has 0 saturated carbocycles. The van der Waals surface area contributed by atoms with Crippen LogP contribution >= 0.6 is 0 Å². The van der Waals surface area contributed by atoms with E-state index in [1.165, 1.54) is 0 Å². The first-order valence-corrected chi connectivity index (χ1v) is 6.68. The molecule has 0 bridgehead atoms. The smallest absolute Gasteiger partial charge is 0.255 e. The third-order valence-electron chi connectivity index (χ3n) is 2.79. The highest BCUT2D eigenvalue weighted by atomic mass is 16.1. The molecular weight excluding hydrogens is 254 g/mol. The van der Waals surface area contributed by atoms with Crippen molar-refractivity contribution >= 4 is 11.7 Å². The lowest BCUT2D eigenvalue weighted by Gasteiger charge is -2.15. The van der Waals surface area contributed by atoms with Gasteiger partial charge in [-0.1, -0.05) is 0 Å². The zero-order chi connectivity index (χ0) is 14.4. The number of nitrogens with zero attached hydrogens (tertiary/aromatic N) is 3. The minimum atomic E-state index is -0.131. The van der Waals surface area contributed by atoms with Crippen molar-refractivity contribution in [3.8, 4) is 0 Å². The van der Waals surface area contributed by atoms with Gasteiger partial charge in [-0.25, -0.2) is 4.98 Å². The van der Waals surface area contributed by atoms with Crippen LogP contribution in [0.3, 0.4) is 0 Å². The zero-order valence-corrected chi connectivity index (χ0v) is 11.7. The van der Waals surface area contributed by atoms with E-state index in [4.69, 9.17) is 0 Å². The van der Waals surface area contributed by atoms with Crippen molar-refractivity contribution in [1.29, 1.82) is 0 Å². The van der Waals surface area contributed by atoms with Crippen LogP contribution in [0.5, 0.6) is 0 Å². The second-order valence-electron chi connectivity index (χ2n) is 4.53. The van der Waals surface area contributed by atoms with Crippen LogP contribution in [0.15, 0.2) is 36.8 Å². The van der Waals surface area contributed by atoms with E-state index in [0.717, 1.165) is 6.54 Å². The number of amides is 1. The normalized spacial score (nSPS) is 11.9. The lowest BCUT2D eigenvalue weighted by atomic mass is 10.2. The Bertz CT molecular complexity index is 552. The van der Waals surface area contributed by atoms with Crippen molar-refractivity contribution in [2.24, 2.45) is 0 Å². The molecule has 0 radical (unpaired) electrons. The molecule has 1 atom stereocenters. The van der Waals surface area contributed by atoms with Gasteiger partial charge < -0.3 is 10.6 Å². The molecule has 2 N–H and O–H groups in total. The summed E-state index contributed by atoms with van der Waals surface area (Å²) in [6, 6.07) is 5.37. The highest BCUT2D eigenvalue weighted by molar-refractivity contribution is 5.98. The molecule has 0 aliphatic carbocycles. The Kier molecular flexibility index (Phi) is 4.70. The predicted octanol–water partition coefficient (Wildman–Crippen LogP) is 1.53. The number of hydrogen-bond donors (Lipinski definition) is 2. The molecule has 0 aliphatic heterocycles. The number of nitrogens with one attached hydrogen (secondary N) is 2. The Labute approximate surface area is 118 Å². The molecule has 0 spiro atoms. The third-order valence-corrected chi connectivity index (χ3v) is 2.79. The maximum atomic E-state index is 12.3. The fourth-order valence-corrected chi connectivity index (χ4v) is 1.93. The zero-order valence-electron chi connectivity index (χ0n) is 11.7. The van der Waals surface area contributed by atoms with Gasteiger partial charge >= 0.3 is 0 Å². The van der Waals surface area contributed by atoms with E-state index in [2.05, 4.69) is 20.7 Å². The molecule has 0 aliphatic rings. The number of anilines is 1. The van der Waals surface area contributed by atoms with Crippen LogP contribution in [0, 0.1) is 0 Å². The van der Waals surface area contributed by atoms with E-state index >= 15 is 0 Å². The fraction of sp³-hybridized carbons (Fsp3) is 0.357. The Morgan fingerprint density at radius 1 is 1.40 bits per heavy atom. The van der Waals surface area contributed by atoms with E-state index in [1.807, 2.05) is 26.1 Å². The summed E-state index contributed by atoms with van der Waals surface area (Å²) in [7, 11) is 0. The van der Waals surface area contributed by atoms with E-state index in [1.54, 1.807) is 29.2 Å². The molecule has 6 nitrogen and oxygen atoms in total. The van der Waals surface area contributed by atoms with Crippen LogP contribution in [0.1, 0.15) is 24.2 Å². The molecule has 2 heterocycles. The highest BCUT2D eigenvalue weighted by Gasteiger charge is 2.14. The Hall–Kier alpha value is -2.37. The van der Waals surface area contributed by atoms with Crippen LogP contribution in [-0.4, -0.2) is 33.3 Å². The molecule has 0 fully saturated rings. The highest BCUT2D eigenvalue weighted by Crippen LogP contribution is 2.11. The lowest BCUT2D eigenvalue weighted by Crippen LogP contribution is -2.36. The number of rotatable bonds is 6. The maximum Gasteiger partial charge on any atom is 0.255 e. The molecule has 20 heavy (non-hydrogen) atoms. The second-order valence-corrected chi connectivity index (χ2v) is 4.53. The average Bonchev–Trinajstić information content (AvgIpc) is 2.92. The second kappa shape index (κ2) is 6.70. The van der Waals surface area contributed by atoms with Gasteiger partial charge in [-0.15, -0.1) is 0 Å². The van der Waals surface area contributed by atoms with Gasteiger partial charge in [-0.2, -0.15) is 5.10 Å². The number of aromatic nitrogens is 3. The van der Waals surface area contributed by atoms with E-state index < -0.39 is 0 Å². The summed E-state index contributed by atoms with van der Waals surface area (Å²) in [5, 5.41) is 10.2. The monoisotopic (exact) mass is 273 g/mol. The molecule has 0 aromatic carbocycles. The van der Waals surface area contributed by atoms with E-state index in [-0.39, 0.29) is 11.9 Å². The quantitative estimate of drug-likeness (QED) is 0.837. The summed E-state index contributed by atoms with van der Waals surface area (Å²) in [6.45, 7) is 5.27. The van der Waals surface area contributed by atoms with Crippen molar-refractivity contribution < 1.29 is 4.79 Å². The third kappa shape index (κ3) is 3.57. The van der Waals surface area contributed by atoms with E-state index in [9.17, 15) is 4.79 Å². The standard InChI is InChI=1S/C14H19N5O/c1-3-15-13-12(6-4-7-16-13)14(20)18-11(2)10-19-9-5-8-17-19/h4-9,11H,3,10H2,1-2H3,(H,15,16)(H,18,20). The van der Waals surface area contributed by atoms with Gasteiger partial charge in [0.15, 0.2) is 0 Å². The van der Waals surface area contributed by atoms with Crippen LogP contribution in [0.2, 0.25) is 0 Å². The summed E-state index contributed by atoms with van der Waals surface area (Å²) in [5.74, 6) is 0.479. The molecule has 1 amide bonds.